The van der Waals surface area contributed by atoms with Crippen LogP contribution in [0.5, 0.6) is 11.5 Å². The number of azo groups is 3. The molecular formula is C44H61N9O22. The normalized spacial score (nSPS) is 28.3. The Morgan fingerprint density at radius 2 is 0.720 bits per heavy atom. The van der Waals surface area contributed by atoms with Crippen LogP contribution in [0, 0.1) is 0 Å². The highest BCUT2D eigenvalue weighted by atomic mass is 16.6. The first-order valence-corrected chi connectivity index (χ1v) is 24.3. The summed E-state index contributed by atoms with van der Waals surface area (Å²) in [7, 11) is 0. The molecule has 12 amide bonds. The molecule has 6 aliphatic rings. The van der Waals surface area contributed by atoms with Gasteiger partial charge in [0.25, 0.3) is 0 Å². The van der Waals surface area contributed by atoms with Crippen molar-refractivity contribution in [1.82, 2.24) is 9.80 Å². The standard InChI is InChI=1S/C44H61N9O22/c54-39-45-46-40(55)51(39)22-31-24-65-14-18-70-35(37-28-74-32(23-52-41(56)47-48-42(52)57)25-64-8-7-60-3-4-62-12-16-71-37)26-66-9-10-67-27-36(73-20-19-68-31)38-29-75-33-2-1-30(53-43(58)49-50-44(53)59)21-34(33)69-15-11-61-5-6-63-13-17-72-38/h1-2,21,31-32,35-38H,3-20,22-29H2. The molecule has 0 N–H and O–H groups in total. The van der Waals surface area contributed by atoms with Gasteiger partial charge in [-0.25, -0.2) is 43.5 Å². The lowest BCUT2D eigenvalue weighted by Crippen LogP contribution is -2.44. The molecule has 414 valence electrons. The number of carbonyl (C=O) groups is 6. The van der Waals surface area contributed by atoms with Gasteiger partial charge in [0, 0.05) is 6.07 Å². The molecule has 1 aromatic carbocycles. The number of benzene rings is 1. The maximum Gasteiger partial charge on any atom is 0.375 e. The third-order valence-corrected chi connectivity index (χ3v) is 11.2. The van der Waals surface area contributed by atoms with Gasteiger partial charge < -0.3 is 75.8 Å². The Morgan fingerprint density at radius 3 is 1.24 bits per heavy atom. The van der Waals surface area contributed by atoms with Gasteiger partial charge in [-0.15, -0.1) is 0 Å². The van der Waals surface area contributed by atoms with Crippen LogP contribution in [-0.2, 0) is 66.3 Å². The van der Waals surface area contributed by atoms with Gasteiger partial charge in [0.1, 0.15) is 37.6 Å². The van der Waals surface area contributed by atoms with E-state index in [2.05, 4.69) is 30.7 Å². The molecule has 0 aliphatic carbocycles. The summed E-state index contributed by atoms with van der Waals surface area (Å²) in [6.45, 7) is 1.69. The molecule has 6 unspecified atom stereocenters. The van der Waals surface area contributed by atoms with Crippen molar-refractivity contribution >= 4 is 41.9 Å². The number of hydrogen-bond acceptors (Lipinski definition) is 22. The lowest BCUT2D eigenvalue weighted by molar-refractivity contribution is -0.157. The lowest BCUT2D eigenvalue weighted by atomic mass is 10.2. The number of hydrogen-bond donors (Lipinski definition) is 0. The molecule has 6 atom stereocenters. The summed E-state index contributed by atoms with van der Waals surface area (Å²) in [5, 5.41) is 20.0. The second-order valence-corrected chi connectivity index (χ2v) is 16.5. The van der Waals surface area contributed by atoms with Crippen LogP contribution >= 0.6 is 0 Å². The summed E-state index contributed by atoms with van der Waals surface area (Å²) in [6.07, 6.45) is -4.99. The fourth-order valence-electron chi connectivity index (χ4n) is 7.49. The lowest BCUT2D eigenvalue weighted by Gasteiger charge is -2.30. The van der Waals surface area contributed by atoms with E-state index in [0.29, 0.717) is 13.2 Å². The number of rotatable bonds is 7. The fourth-order valence-corrected chi connectivity index (χ4v) is 7.49. The van der Waals surface area contributed by atoms with E-state index in [0.717, 1.165) is 14.7 Å². The first-order chi connectivity index (χ1) is 36.7. The minimum Gasteiger partial charge on any atom is -0.487 e. The Hall–Kier alpha value is -5.52. The van der Waals surface area contributed by atoms with E-state index in [1.807, 2.05) is 0 Å². The van der Waals surface area contributed by atoms with E-state index in [9.17, 15) is 28.8 Å². The number of ether oxygens (including phenoxy) is 16. The van der Waals surface area contributed by atoms with Gasteiger partial charge in [0.05, 0.1) is 176 Å². The fraction of sp³-hybridized carbons (Fsp3) is 0.727. The Morgan fingerprint density at radius 1 is 0.347 bits per heavy atom. The zero-order chi connectivity index (χ0) is 52.5. The van der Waals surface area contributed by atoms with Crippen molar-refractivity contribution in [2.24, 2.45) is 30.7 Å². The number of urea groups is 6. The molecule has 2 fully saturated rings. The highest BCUT2D eigenvalue weighted by Crippen LogP contribution is 2.34. The van der Waals surface area contributed by atoms with Crippen LogP contribution in [0.3, 0.4) is 0 Å². The predicted octanol–water partition coefficient (Wildman–Crippen LogP) is 2.46. The highest BCUT2D eigenvalue weighted by molar-refractivity contribution is 6.17. The Balaban J connectivity index is 1.06. The molecule has 6 aliphatic heterocycles. The topological polar surface area (TPSA) is 334 Å². The molecule has 0 bridgehead atoms. The van der Waals surface area contributed by atoms with Crippen molar-refractivity contribution in [2.45, 2.75) is 36.6 Å². The van der Waals surface area contributed by atoms with E-state index in [-0.39, 0.29) is 176 Å². The van der Waals surface area contributed by atoms with Gasteiger partial charge in [0.15, 0.2) is 11.5 Å². The van der Waals surface area contributed by atoms with E-state index in [4.69, 9.17) is 75.8 Å². The summed E-state index contributed by atoms with van der Waals surface area (Å²) in [6, 6.07) is -0.649. The number of fused-ring (bicyclic) bond motifs is 1. The van der Waals surface area contributed by atoms with Gasteiger partial charge in [-0.3, -0.25) is 0 Å². The molecule has 75 heavy (non-hydrogen) atoms. The van der Waals surface area contributed by atoms with Crippen LogP contribution in [0.2, 0.25) is 0 Å². The van der Waals surface area contributed by atoms with Crippen molar-refractivity contribution in [3.05, 3.63) is 18.2 Å². The molecule has 31 nitrogen and oxygen atoms in total. The van der Waals surface area contributed by atoms with Crippen molar-refractivity contribution in [3.63, 3.8) is 0 Å². The molecule has 0 radical (unpaired) electrons. The first kappa shape index (κ1) is 57.2. The molecule has 31 heteroatoms. The van der Waals surface area contributed by atoms with Crippen molar-refractivity contribution < 1.29 is 105 Å². The third-order valence-electron chi connectivity index (χ3n) is 11.2. The Labute approximate surface area is 429 Å². The minimum atomic E-state index is -0.869. The molecule has 2 saturated heterocycles. The molecule has 0 aromatic heterocycles. The second-order valence-electron chi connectivity index (χ2n) is 16.5. The van der Waals surface area contributed by atoms with Crippen molar-refractivity contribution in [1.29, 1.82) is 0 Å². The van der Waals surface area contributed by atoms with E-state index in [1.165, 1.54) is 18.2 Å². The Kier molecular flexibility index (Phi) is 24.0. The third kappa shape index (κ3) is 18.6. The van der Waals surface area contributed by atoms with E-state index >= 15 is 0 Å². The monoisotopic (exact) mass is 1070 g/mol. The van der Waals surface area contributed by atoms with Crippen LogP contribution in [0.4, 0.5) is 34.5 Å². The summed E-state index contributed by atoms with van der Waals surface area (Å²) in [5.41, 5.74) is 0.154. The number of carbonyl (C=O) groups excluding carboxylic acids is 6. The first-order valence-electron chi connectivity index (χ1n) is 24.3. The number of nitrogens with zero attached hydrogens (tertiary/aromatic N) is 9. The molecule has 1 aromatic rings. The van der Waals surface area contributed by atoms with E-state index < -0.39 is 72.8 Å². The predicted molar refractivity (Wildman–Crippen MR) is 245 cm³/mol. The quantitative estimate of drug-likeness (QED) is 0.378. The number of imide groups is 3. The molecule has 7 rings (SSSR count). The Bertz CT molecular complexity index is 2070. The minimum absolute atomic E-state index is 0.0125. The summed E-state index contributed by atoms with van der Waals surface area (Å²) >= 11 is 0. The van der Waals surface area contributed by atoms with Gasteiger partial charge >= 0.3 is 36.2 Å². The molecular weight excluding hydrogens is 1010 g/mol. The largest absolute Gasteiger partial charge is 0.487 e. The van der Waals surface area contributed by atoms with Gasteiger partial charge in [-0.1, -0.05) is 30.7 Å². The van der Waals surface area contributed by atoms with Crippen LogP contribution < -0.4 is 14.4 Å². The average Bonchev–Trinajstić information content (AvgIpc) is 4.03. The average molecular weight is 1070 g/mol. The van der Waals surface area contributed by atoms with Crippen molar-refractivity contribution in [3.8, 4) is 11.5 Å². The van der Waals surface area contributed by atoms with Crippen molar-refractivity contribution in [2.75, 3.05) is 177 Å². The maximum atomic E-state index is 12.4. The van der Waals surface area contributed by atoms with Crippen LogP contribution in [-0.4, -0.2) is 254 Å². The summed E-state index contributed by atoms with van der Waals surface area (Å²) in [4.78, 5) is 76.8. The van der Waals surface area contributed by atoms with Crippen LogP contribution in [0.15, 0.2) is 48.9 Å². The van der Waals surface area contributed by atoms with Gasteiger partial charge in [-0.05, 0) is 12.1 Å². The van der Waals surface area contributed by atoms with Crippen LogP contribution in [0.1, 0.15) is 0 Å². The second kappa shape index (κ2) is 31.5. The smallest absolute Gasteiger partial charge is 0.375 e. The molecule has 0 saturated carbocycles. The zero-order valence-electron chi connectivity index (χ0n) is 41.1. The van der Waals surface area contributed by atoms with Gasteiger partial charge in [-0.2, -0.15) is 0 Å². The summed E-state index contributed by atoms with van der Waals surface area (Å²) in [5.74, 6) is 0.418. The van der Waals surface area contributed by atoms with E-state index in [1.54, 1.807) is 0 Å². The number of anilines is 1. The highest BCUT2D eigenvalue weighted by Gasteiger charge is 2.35. The SMILES string of the molecule is O=C1N=NC(=O)N1CC1COCCOC(C2COC(CN3C(=O)N=NC3=O)COCCOCCOCCO2)COCCOCC(C2COc3ccc(N4C(=O)N=NC4=O)cc3OCCOCCOCCO2)OCCO1. The molecule has 6 heterocycles. The maximum absolute atomic E-state index is 12.4. The van der Waals surface area contributed by atoms with Crippen LogP contribution in [0.25, 0.3) is 0 Å². The zero-order valence-corrected chi connectivity index (χ0v) is 41.1. The summed E-state index contributed by atoms with van der Waals surface area (Å²) < 4.78 is 96.6. The number of amides is 12. The molecule has 0 spiro atoms. The van der Waals surface area contributed by atoms with Gasteiger partial charge in [0.2, 0.25) is 0 Å².